The molecular weight excluding hydrogens is 306 g/mol. The second-order valence-electron chi connectivity index (χ2n) is 6.80. The smallest absolute Gasteiger partial charge is 0.235 e. The molecule has 5 heteroatoms. The van der Waals surface area contributed by atoms with Gasteiger partial charge in [0.05, 0.1) is 12.6 Å². The van der Waals surface area contributed by atoms with E-state index >= 15 is 0 Å². The molecule has 124 valence electrons. The van der Waals surface area contributed by atoms with E-state index in [-0.39, 0.29) is 5.91 Å². The Kier molecular flexibility index (Phi) is 5.34. The predicted octanol–water partition coefficient (Wildman–Crippen LogP) is 3.62. The summed E-state index contributed by atoms with van der Waals surface area (Å²) in [6.45, 7) is 1.38. The summed E-state index contributed by atoms with van der Waals surface area (Å²) < 4.78 is 0. The van der Waals surface area contributed by atoms with Crippen molar-refractivity contribution in [3.8, 4) is 6.07 Å². The number of hydrogen-bond donors (Lipinski definition) is 1. The lowest BCUT2D eigenvalue weighted by Crippen LogP contribution is -2.50. The van der Waals surface area contributed by atoms with E-state index in [1.165, 1.54) is 17.7 Å². The van der Waals surface area contributed by atoms with Crippen molar-refractivity contribution in [3.63, 3.8) is 0 Å². The number of hydrogen-bond acceptors (Lipinski definition) is 4. The summed E-state index contributed by atoms with van der Waals surface area (Å²) in [5.74, 6) is 0.0110. The fourth-order valence-corrected chi connectivity index (χ4v) is 4.80. The Hall–Kier alpha value is -1.38. The molecule has 3 rings (SSSR count). The molecular formula is C18H25N3OS. The molecule has 1 saturated carbocycles. The van der Waals surface area contributed by atoms with Crippen LogP contribution in [0.4, 0.5) is 0 Å². The van der Waals surface area contributed by atoms with Gasteiger partial charge in [0.25, 0.3) is 0 Å². The van der Waals surface area contributed by atoms with Crippen LogP contribution in [0.2, 0.25) is 0 Å². The van der Waals surface area contributed by atoms with Crippen molar-refractivity contribution in [2.75, 3.05) is 13.1 Å². The lowest BCUT2D eigenvalue weighted by atomic mass is 9.92. The van der Waals surface area contributed by atoms with Gasteiger partial charge in [-0.25, -0.2) is 0 Å². The molecule has 1 N–H and O–H groups in total. The number of nitrogens with one attached hydrogen (secondary N) is 1. The second kappa shape index (κ2) is 7.46. The SMILES string of the molecule is N#CC1(NC(=O)CN2CCCC2c2cccs2)CCCCCC1. The molecule has 1 aromatic heterocycles. The normalized spacial score (nSPS) is 24.7. The molecule has 0 radical (unpaired) electrons. The molecule has 1 unspecified atom stereocenters. The van der Waals surface area contributed by atoms with Crippen molar-refractivity contribution in [2.45, 2.75) is 62.9 Å². The lowest BCUT2D eigenvalue weighted by Gasteiger charge is -2.29. The molecule has 1 aliphatic carbocycles. The van der Waals surface area contributed by atoms with Gasteiger partial charge in [-0.05, 0) is 43.7 Å². The van der Waals surface area contributed by atoms with E-state index in [0.29, 0.717) is 12.6 Å². The van der Waals surface area contributed by atoms with Crippen LogP contribution in [0.3, 0.4) is 0 Å². The molecule has 2 fully saturated rings. The van der Waals surface area contributed by atoms with Crippen LogP contribution < -0.4 is 5.32 Å². The Morgan fingerprint density at radius 3 is 2.78 bits per heavy atom. The highest BCUT2D eigenvalue weighted by Gasteiger charge is 2.34. The first-order valence-corrected chi connectivity index (χ1v) is 9.60. The van der Waals surface area contributed by atoms with Gasteiger partial charge in [0.2, 0.25) is 5.91 Å². The van der Waals surface area contributed by atoms with Gasteiger partial charge in [-0.15, -0.1) is 11.3 Å². The first kappa shape index (κ1) is 16.5. The molecule has 1 aromatic rings. The van der Waals surface area contributed by atoms with Gasteiger partial charge in [0.15, 0.2) is 0 Å². The van der Waals surface area contributed by atoms with E-state index in [9.17, 15) is 10.1 Å². The van der Waals surface area contributed by atoms with E-state index in [0.717, 1.165) is 45.1 Å². The zero-order valence-electron chi connectivity index (χ0n) is 13.6. The molecule has 2 heterocycles. The Balaban J connectivity index is 1.61. The van der Waals surface area contributed by atoms with Crippen molar-refractivity contribution in [3.05, 3.63) is 22.4 Å². The number of carbonyl (C=O) groups excluding carboxylic acids is 1. The average Bonchev–Trinajstić information content (AvgIpc) is 3.16. The first-order chi connectivity index (χ1) is 11.2. The van der Waals surface area contributed by atoms with Gasteiger partial charge in [-0.3, -0.25) is 9.69 Å². The van der Waals surface area contributed by atoms with Crippen molar-refractivity contribution < 1.29 is 4.79 Å². The van der Waals surface area contributed by atoms with Crippen molar-refractivity contribution in [2.24, 2.45) is 0 Å². The van der Waals surface area contributed by atoms with E-state index < -0.39 is 5.54 Å². The van der Waals surface area contributed by atoms with Crippen LogP contribution in [0.25, 0.3) is 0 Å². The summed E-state index contributed by atoms with van der Waals surface area (Å²) in [4.78, 5) is 16.2. The Morgan fingerprint density at radius 2 is 2.13 bits per heavy atom. The fraction of sp³-hybridized carbons (Fsp3) is 0.667. The van der Waals surface area contributed by atoms with Crippen LogP contribution in [0, 0.1) is 11.3 Å². The van der Waals surface area contributed by atoms with Crippen LogP contribution in [-0.4, -0.2) is 29.4 Å². The summed E-state index contributed by atoms with van der Waals surface area (Å²) >= 11 is 1.77. The lowest BCUT2D eigenvalue weighted by molar-refractivity contribution is -0.124. The van der Waals surface area contributed by atoms with E-state index in [1.807, 2.05) is 0 Å². The van der Waals surface area contributed by atoms with Crippen molar-refractivity contribution in [1.29, 1.82) is 5.26 Å². The Labute approximate surface area is 142 Å². The number of carbonyl (C=O) groups is 1. The van der Waals surface area contributed by atoms with Gasteiger partial charge >= 0.3 is 0 Å². The van der Waals surface area contributed by atoms with Gasteiger partial charge in [-0.2, -0.15) is 5.26 Å². The van der Waals surface area contributed by atoms with Crippen LogP contribution in [0.5, 0.6) is 0 Å². The molecule has 1 amide bonds. The van der Waals surface area contributed by atoms with Crippen molar-refractivity contribution in [1.82, 2.24) is 10.2 Å². The number of likely N-dealkylation sites (tertiary alicyclic amines) is 1. The van der Waals surface area contributed by atoms with Gasteiger partial charge in [0.1, 0.15) is 5.54 Å². The number of amides is 1. The molecule has 23 heavy (non-hydrogen) atoms. The number of nitrogens with zero attached hydrogens (tertiary/aromatic N) is 2. The Bertz CT molecular complexity index is 555. The highest BCUT2D eigenvalue weighted by Crippen LogP contribution is 2.34. The van der Waals surface area contributed by atoms with Gasteiger partial charge in [-0.1, -0.05) is 31.7 Å². The maximum atomic E-state index is 12.6. The van der Waals surface area contributed by atoms with Gasteiger partial charge in [0, 0.05) is 10.9 Å². The summed E-state index contributed by atoms with van der Waals surface area (Å²) in [5, 5.41) is 14.8. The monoisotopic (exact) mass is 331 g/mol. The third kappa shape index (κ3) is 3.94. The van der Waals surface area contributed by atoms with Crippen LogP contribution in [0.15, 0.2) is 17.5 Å². The van der Waals surface area contributed by atoms with E-state index in [4.69, 9.17) is 0 Å². The highest BCUT2D eigenvalue weighted by atomic mass is 32.1. The quantitative estimate of drug-likeness (QED) is 0.857. The summed E-state index contributed by atoms with van der Waals surface area (Å²) in [6, 6.07) is 7.01. The zero-order valence-corrected chi connectivity index (χ0v) is 14.4. The summed E-state index contributed by atoms with van der Waals surface area (Å²) in [5.41, 5.74) is -0.633. The van der Waals surface area contributed by atoms with Crippen LogP contribution >= 0.6 is 11.3 Å². The van der Waals surface area contributed by atoms with E-state index in [1.54, 1.807) is 11.3 Å². The minimum atomic E-state index is -0.633. The standard InChI is InChI=1S/C18H25N3OS/c19-14-18(9-3-1-2-4-10-18)20-17(22)13-21-11-5-7-15(21)16-8-6-12-23-16/h6,8,12,15H,1-5,7,9-11,13H2,(H,20,22). The van der Waals surface area contributed by atoms with Crippen LogP contribution in [-0.2, 0) is 4.79 Å². The topological polar surface area (TPSA) is 56.1 Å². The van der Waals surface area contributed by atoms with Gasteiger partial charge < -0.3 is 5.32 Å². The third-order valence-electron chi connectivity index (χ3n) is 5.13. The molecule has 1 aliphatic heterocycles. The fourth-order valence-electron chi connectivity index (χ4n) is 3.91. The molecule has 4 nitrogen and oxygen atoms in total. The molecule has 0 aromatic carbocycles. The minimum Gasteiger partial charge on any atom is -0.337 e. The zero-order chi connectivity index (χ0) is 16.1. The maximum Gasteiger partial charge on any atom is 0.235 e. The third-order valence-corrected chi connectivity index (χ3v) is 6.11. The van der Waals surface area contributed by atoms with Crippen LogP contribution in [0.1, 0.15) is 62.3 Å². The predicted molar refractivity (Wildman–Crippen MR) is 92.1 cm³/mol. The molecule has 1 saturated heterocycles. The molecule has 1 atom stereocenters. The molecule has 2 aliphatic rings. The molecule has 0 bridgehead atoms. The minimum absolute atomic E-state index is 0.0110. The molecule has 0 spiro atoms. The number of nitriles is 1. The van der Waals surface area contributed by atoms with Crippen molar-refractivity contribution >= 4 is 17.2 Å². The number of rotatable bonds is 4. The average molecular weight is 331 g/mol. The first-order valence-electron chi connectivity index (χ1n) is 8.72. The summed E-state index contributed by atoms with van der Waals surface area (Å²) in [7, 11) is 0. The highest BCUT2D eigenvalue weighted by molar-refractivity contribution is 7.10. The Morgan fingerprint density at radius 1 is 1.35 bits per heavy atom. The summed E-state index contributed by atoms with van der Waals surface area (Å²) in [6.07, 6.45) is 8.27. The maximum absolute atomic E-state index is 12.6. The van der Waals surface area contributed by atoms with E-state index in [2.05, 4.69) is 33.8 Å². The second-order valence-corrected chi connectivity index (χ2v) is 7.78. The largest absolute Gasteiger partial charge is 0.337 e. The number of thiophene rings is 1.